The first-order valence-electron chi connectivity index (χ1n) is 7.01. The zero-order chi connectivity index (χ0) is 18.8. The summed E-state index contributed by atoms with van der Waals surface area (Å²) in [6.07, 6.45) is 2.45. The second kappa shape index (κ2) is 7.22. The predicted molar refractivity (Wildman–Crippen MR) is 93.6 cm³/mol. The fraction of sp³-hybridized carbons (Fsp3) is 0.0714. The molecule has 2 aromatic heterocycles. The summed E-state index contributed by atoms with van der Waals surface area (Å²) in [5.41, 5.74) is -0.531. The van der Waals surface area contributed by atoms with Gasteiger partial charge in [-0.2, -0.15) is 10.2 Å². The molecule has 0 saturated carbocycles. The second-order valence-corrected chi connectivity index (χ2v) is 6.33. The van der Waals surface area contributed by atoms with Gasteiger partial charge in [-0.05, 0) is 28.1 Å². The van der Waals surface area contributed by atoms with Crippen LogP contribution >= 0.6 is 27.5 Å². The second-order valence-electron chi connectivity index (χ2n) is 5.06. The van der Waals surface area contributed by atoms with Crippen LogP contribution in [0.25, 0.3) is 0 Å². The minimum atomic E-state index is -0.788. The first-order valence-corrected chi connectivity index (χ1v) is 8.19. The van der Waals surface area contributed by atoms with Crippen molar-refractivity contribution in [2.24, 2.45) is 0 Å². The molecule has 3 rings (SSSR count). The number of halogens is 3. The number of amides is 1. The first-order chi connectivity index (χ1) is 12.4. The number of nitrogens with zero attached hydrogens (tertiary/aromatic N) is 4. The average molecular weight is 444 g/mol. The molecule has 1 amide bonds. The number of hydrogen-bond donors (Lipinski definition) is 2. The molecule has 0 atom stereocenters. The van der Waals surface area contributed by atoms with Gasteiger partial charge in [0.2, 0.25) is 5.69 Å². The van der Waals surface area contributed by atoms with Gasteiger partial charge in [-0.3, -0.25) is 24.7 Å². The molecule has 2 N–H and O–H groups in total. The number of carbonyl (C=O) groups excluding carboxylic acids is 1. The summed E-state index contributed by atoms with van der Waals surface area (Å²) in [6, 6.07) is 4.32. The Hall–Kier alpha value is -2.79. The minimum absolute atomic E-state index is 0.0319. The van der Waals surface area contributed by atoms with Gasteiger partial charge in [0.15, 0.2) is 5.82 Å². The fourth-order valence-corrected chi connectivity index (χ4v) is 2.80. The molecule has 1 aromatic carbocycles. The number of aromatic nitrogens is 4. The van der Waals surface area contributed by atoms with E-state index in [4.69, 9.17) is 11.6 Å². The summed E-state index contributed by atoms with van der Waals surface area (Å²) in [5, 5.41) is 23.4. The Morgan fingerprint density at radius 1 is 1.50 bits per heavy atom. The molecular formula is C14H9BrClFN6O3. The van der Waals surface area contributed by atoms with Crippen molar-refractivity contribution in [1.82, 2.24) is 20.0 Å². The minimum Gasteiger partial charge on any atom is -0.303 e. The molecule has 0 bridgehead atoms. The Morgan fingerprint density at radius 3 is 2.96 bits per heavy atom. The molecule has 0 aliphatic heterocycles. The lowest BCUT2D eigenvalue weighted by Crippen LogP contribution is -2.15. The van der Waals surface area contributed by atoms with E-state index in [0.29, 0.717) is 4.47 Å². The van der Waals surface area contributed by atoms with Crippen LogP contribution in [0.4, 0.5) is 15.9 Å². The summed E-state index contributed by atoms with van der Waals surface area (Å²) in [5.74, 6) is -1.17. The summed E-state index contributed by atoms with van der Waals surface area (Å²) >= 11 is 9.21. The summed E-state index contributed by atoms with van der Waals surface area (Å²) in [6.45, 7) is 0.0319. The molecule has 0 saturated heterocycles. The molecular weight excluding hydrogens is 435 g/mol. The number of nitro groups is 1. The Bertz CT molecular complexity index is 984. The molecule has 9 nitrogen and oxygen atoms in total. The number of rotatable bonds is 5. The molecule has 0 radical (unpaired) electrons. The van der Waals surface area contributed by atoms with Crippen molar-refractivity contribution in [3.8, 4) is 0 Å². The maximum Gasteiger partial charge on any atom is 0.319 e. The average Bonchev–Trinajstić information content (AvgIpc) is 3.18. The summed E-state index contributed by atoms with van der Waals surface area (Å²) < 4.78 is 15.6. The van der Waals surface area contributed by atoms with Crippen molar-refractivity contribution in [3.63, 3.8) is 0 Å². The van der Waals surface area contributed by atoms with Crippen LogP contribution in [0.3, 0.4) is 0 Å². The van der Waals surface area contributed by atoms with Crippen LogP contribution in [0.1, 0.15) is 16.1 Å². The Labute approximate surface area is 158 Å². The van der Waals surface area contributed by atoms with E-state index in [1.807, 2.05) is 0 Å². The van der Waals surface area contributed by atoms with E-state index in [2.05, 4.69) is 36.5 Å². The van der Waals surface area contributed by atoms with Gasteiger partial charge < -0.3 is 5.32 Å². The van der Waals surface area contributed by atoms with Gasteiger partial charge in [-0.15, -0.1) is 0 Å². The largest absolute Gasteiger partial charge is 0.319 e. The van der Waals surface area contributed by atoms with Crippen molar-refractivity contribution in [2.75, 3.05) is 5.32 Å². The van der Waals surface area contributed by atoms with E-state index < -0.39 is 22.3 Å². The zero-order valence-corrected chi connectivity index (χ0v) is 15.1. The number of aromatic amines is 1. The van der Waals surface area contributed by atoms with Crippen molar-refractivity contribution >= 4 is 44.9 Å². The maximum absolute atomic E-state index is 13.9. The van der Waals surface area contributed by atoms with Crippen LogP contribution < -0.4 is 5.32 Å². The zero-order valence-electron chi connectivity index (χ0n) is 12.7. The van der Waals surface area contributed by atoms with Gasteiger partial charge in [-0.25, -0.2) is 4.39 Å². The number of H-pyrrole nitrogens is 1. The van der Waals surface area contributed by atoms with Gasteiger partial charge in [0.25, 0.3) is 5.91 Å². The van der Waals surface area contributed by atoms with Crippen molar-refractivity contribution in [1.29, 1.82) is 0 Å². The SMILES string of the molecule is O=C(Nc1nn(Cc2c(F)cccc2Cl)cc1Br)c1[nH]ncc1[N+](=O)[O-]. The molecule has 26 heavy (non-hydrogen) atoms. The highest BCUT2D eigenvalue weighted by Crippen LogP contribution is 2.25. The number of carbonyl (C=O) groups is 1. The van der Waals surface area contributed by atoms with Gasteiger partial charge in [0.1, 0.15) is 12.0 Å². The van der Waals surface area contributed by atoms with Crippen LogP contribution in [0.2, 0.25) is 5.02 Å². The van der Waals surface area contributed by atoms with Gasteiger partial charge in [0.05, 0.1) is 15.9 Å². The fourth-order valence-electron chi connectivity index (χ4n) is 2.16. The van der Waals surface area contributed by atoms with E-state index in [1.54, 1.807) is 6.07 Å². The molecule has 2 heterocycles. The van der Waals surface area contributed by atoms with E-state index in [0.717, 1.165) is 6.20 Å². The third kappa shape index (κ3) is 3.58. The van der Waals surface area contributed by atoms with E-state index in [9.17, 15) is 19.3 Å². The molecule has 0 unspecified atom stereocenters. The Morgan fingerprint density at radius 2 is 2.27 bits per heavy atom. The smallest absolute Gasteiger partial charge is 0.303 e. The topological polar surface area (TPSA) is 119 Å². The normalized spacial score (nSPS) is 10.7. The standard InChI is InChI=1S/C14H9BrClFN6O3/c15-8-6-22(5-7-9(16)2-1-3-10(7)17)21-13(8)19-14(24)12-11(23(25)26)4-18-20-12/h1-4,6H,5H2,(H,18,20)(H,19,21,24). The number of benzene rings is 1. The van der Waals surface area contributed by atoms with E-state index in [-0.39, 0.29) is 28.6 Å². The Kier molecular flexibility index (Phi) is 5.00. The highest BCUT2D eigenvalue weighted by Gasteiger charge is 2.24. The van der Waals surface area contributed by atoms with Crippen molar-refractivity contribution < 1.29 is 14.1 Å². The van der Waals surface area contributed by atoms with Crippen LogP contribution in [0.15, 0.2) is 35.1 Å². The monoisotopic (exact) mass is 442 g/mol. The number of hydrogen-bond acceptors (Lipinski definition) is 5. The van der Waals surface area contributed by atoms with Crippen LogP contribution in [-0.2, 0) is 6.54 Å². The van der Waals surface area contributed by atoms with Crippen molar-refractivity contribution in [3.05, 3.63) is 67.3 Å². The third-order valence-electron chi connectivity index (χ3n) is 3.37. The van der Waals surface area contributed by atoms with Crippen LogP contribution in [-0.4, -0.2) is 30.8 Å². The number of nitrogens with one attached hydrogen (secondary N) is 2. The lowest BCUT2D eigenvalue weighted by Gasteiger charge is -2.05. The molecule has 134 valence electrons. The van der Waals surface area contributed by atoms with E-state index >= 15 is 0 Å². The highest BCUT2D eigenvalue weighted by molar-refractivity contribution is 9.10. The summed E-state index contributed by atoms with van der Waals surface area (Å²) in [7, 11) is 0. The summed E-state index contributed by atoms with van der Waals surface area (Å²) in [4.78, 5) is 22.3. The number of anilines is 1. The van der Waals surface area contributed by atoms with Gasteiger partial charge >= 0.3 is 5.69 Å². The highest BCUT2D eigenvalue weighted by atomic mass is 79.9. The molecule has 0 fully saturated rings. The van der Waals surface area contributed by atoms with Gasteiger partial charge in [-0.1, -0.05) is 17.7 Å². The van der Waals surface area contributed by atoms with E-state index in [1.165, 1.54) is 23.0 Å². The van der Waals surface area contributed by atoms with Gasteiger partial charge in [0, 0.05) is 16.8 Å². The van der Waals surface area contributed by atoms with Crippen LogP contribution in [0, 0.1) is 15.9 Å². The Balaban J connectivity index is 1.81. The lowest BCUT2D eigenvalue weighted by atomic mass is 10.2. The maximum atomic E-state index is 13.9. The lowest BCUT2D eigenvalue weighted by molar-refractivity contribution is -0.385. The molecule has 0 aliphatic carbocycles. The van der Waals surface area contributed by atoms with Crippen molar-refractivity contribution in [2.45, 2.75) is 6.54 Å². The molecule has 12 heteroatoms. The first kappa shape index (κ1) is 18.0. The quantitative estimate of drug-likeness (QED) is 0.463. The molecule has 3 aromatic rings. The van der Waals surface area contributed by atoms with Crippen LogP contribution in [0.5, 0.6) is 0 Å². The molecule has 0 aliphatic rings. The third-order valence-corrected chi connectivity index (χ3v) is 4.31. The molecule has 0 spiro atoms. The predicted octanol–water partition coefficient (Wildman–Crippen LogP) is 3.37.